The monoisotopic (exact) mass is 195 g/mol. The van der Waals surface area contributed by atoms with Crippen LogP contribution in [0.3, 0.4) is 0 Å². The van der Waals surface area contributed by atoms with Crippen LogP contribution in [0.4, 0.5) is 13.2 Å². The van der Waals surface area contributed by atoms with Crippen LogP contribution in [0.2, 0.25) is 0 Å². The summed E-state index contributed by atoms with van der Waals surface area (Å²) in [5.74, 6) is -2.00. The molecule has 0 aliphatic carbocycles. The number of alkyl halides is 3. The number of hydrogen-bond acceptors (Lipinski definition) is 2. The molecule has 1 atom stereocenters. The van der Waals surface area contributed by atoms with Gasteiger partial charge in [0.25, 0.3) is 0 Å². The Hall–Kier alpha value is -0.760. The van der Waals surface area contributed by atoms with Crippen molar-refractivity contribution in [2.75, 3.05) is 13.2 Å². The van der Waals surface area contributed by atoms with Gasteiger partial charge in [0.05, 0.1) is 12.7 Å². The molecule has 0 saturated heterocycles. The van der Waals surface area contributed by atoms with Gasteiger partial charge in [-0.1, -0.05) is 13.3 Å². The first-order valence-corrected chi connectivity index (χ1v) is 4.06. The molecule has 0 aliphatic rings. The van der Waals surface area contributed by atoms with Crippen molar-refractivity contribution in [3.63, 3.8) is 0 Å². The highest BCUT2D eigenvalue weighted by Crippen LogP contribution is 2.25. The Morgan fingerprint density at radius 2 is 2.08 bits per heavy atom. The molecular formula is C8H12F3NO. The summed E-state index contributed by atoms with van der Waals surface area (Å²) in [5.41, 5.74) is 0. The van der Waals surface area contributed by atoms with Gasteiger partial charge in [0.15, 0.2) is 5.92 Å². The molecule has 0 fully saturated rings. The van der Waals surface area contributed by atoms with Gasteiger partial charge in [-0.2, -0.15) is 18.4 Å². The van der Waals surface area contributed by atoms with Gasteiger partial charge in [-0.15, -0.1) is 0 Å². The van der Waals surface area contributed by atoms with E-state index in [0.717, 1.165) is 12.8 Å². The van der Waals surface area contributed by atoms with E-state index in [9.17, 15) is 13.2 Å². The summed E-state index contributed by atoms with van der Waals surface area (Å²) in [6.07, 6.45) is -2.89. The lowest BCUT2D eigenvalue weighted by Crippen LogP contribution is -2.26. The fourth-order valence-corrected chi connectivity index (χ4v) is 0.653. The molecular weight excluding hydrogens is 183 g/mol. The third-order valence-corrected chi connectivity index (χ3v) is 1.48. The van der Waals surface area contributed by atoms with E-state index in [4.69, 9.17) is 10.00 Å². The predicted molar refractivity (Wildman–Crippen MR) is 40.9 cm³/mol. The molecule has 1 unspecified atom stereocenters. The Morgan fingerprint density at radius 3 is 2.46 bits per heavy atom. The number of hydrogen-bond donors (Lipinski definition) is 0. The number of nitriles is 1. The maximum absolute atomic E-state index is 11.9. The topological polar surface area (TPSA) is 33.0 Å². The fourth-order valence-electron chi connectivity index (χ4n) is 0.653. The maximum Gasteiger partial charge on any atom is 0.406 e. The summed E-state index contributed by atoms with van der Waals surface area (Å²) in [6, 6.07) is 1.17. The molecule has 0 bridgehead atoms. The van der Waals surface area contributed by atoms with Crippen LogP contribution in [0, 0.1) is 17.2 Å². The van der Waals surface area contributed by atoms with Gasteiger partial charge in [0.1, 0.15) is 0 Å². The van der Waals surface area contributed by atoms with Crippen molar-refractivity contribution in [2.45, 2.75) is 25.9 Å². The molecule has 0 N–H and O–H groups in total. The van der Waals surface area contributed by atoms with Crippen LogP contribution >= 0.6 is 0 Å². The van der Waals surface area contributed by atoms with Crippen molar-refractivity contribution in [1.29, 1.82) is 5.26 Å². The average molecular weight is 195 g/mol. The van der Waals surface area contributed by atoms with Gasteiger partial charge in [-0.25, -0.2) is 0 Å². The second-order valence-electron chi connectivity index (χ2n) is 2.65. The van der Waals surface area contributed by atoms with E-state index >= 15 is 0 Å². The summed E-state index contributed by atoms with van der Waals surface area (Å²) in [6.45, 7) is 1.64. The summed E-state index contributed by atoms with van der Waals surface area (Å²) < 4.78 is 40.5. The molecule has 0 aromatic heterocycles. The van der Waals surface area contributed by atoms with Gasteiger partial charge < -0.3 is 4.74 Å². The quantitative estimate of drug-likeness (QED) is 0.631. The molecule has 0 saturated carbocycles. The summed E-state index contributed by atoms with van der Waals surface area (Å²) in [7, 11) is 0. The van der Waals surface area contributed by atoms with Crippen LogP contribution in [0.5, 0.6) is 0 Å². The Labute approximate surface area is 75.3 Å². The summed E-state index contributed by atoms with van der Waals surface area (Å²) in [4.78, 5) is 0. The molecule has 0 aromatic rings. The molecule has 0 heterocycles. The van der Waals surface area contributed by atoms with Crippen molar-refractivity contribution < 1.29 is 17.9 Å². The zero-order chi connectivity index (χ0) is 10.3. The third-order valence-electron chi connectivity index (χ3n) is 1.48. The number of rotatable bonds is 5. The molecule has 0 radical (unpaired) electrons. The maximum atomic E-state index is 11.9. The molecule has 76 valence electrons. The normalized spacial score (nSPS) is 13.8. The largest absolute Gasteiger partial charge is 0.406 e. The first-order valence-electron chi connectivity index (χ1n) is 4.06. The van der Waals surface area contributed by atoms with Crippen LogP contribution in [0.25, 0.3) is 0 Å². The standard InChI is InChI=1S/C8H12F3NO/c1-2-3-4-13-6-7(5-12)8(9,10)11/h7H,2-4,6H2,1H3. The molecule has 0 aliphatic heterocycles. The SMILES string of the molecule is CCCCOCC(C#N)C(F)(F)F. The second kappa shape index (κ2) is 5.81. The molecule has 2 nitrogen and oxygen atoms in total. The lowest BCUT2D eigenvalue weighted by atomic mass is 10.2. The van der Waals surface area contributed by atoms with Crippen molar-refractivity contribution in [2.24, 2.45) is 5.92 Å². The van der Waals surface area contributed by atoms with Crippen molar-refractivity contribution >= 4 is 0 Å². The molecule has 0 aromatic carbocycles. The number of halogens is 3. The first kappa shape index (κ1) is 12.2. The summed E-state index contributed by atoms with van der Waals surface area (Å²) >= 11 is 0. The van der Waals surface area contributed by atoms with Crippen LogP contribution in [0.1, 0.15) is 19.8 Å². The van der Waals surface area contributed by atoms with Gasteiger partial charge in [-0.05, 0) is 6.42 Å². The van der Waals surface area contributed by atoms with Crippen molar-refractivity contribution in [1.82, 2.24) is 0 Å². The van der Waals surface area contributed by atoms with E-state index < -0.39 is 18.7 Å². The van der Waals surface area contributed by atoms with Gasteiger partial charge in [0, 0.05) is 6.61 Å². The molecule has 0 rings (SSSR count). The van der Waals surface area contributed by atoms with E-state index in [2.05, 4.69) is 0 Å². The number of unbranched alkanes of at least 4 members (excludes halogenated alkanes) is 1. The second-order valence-corrected chi connectivity index (χ2v) is 2.65. The van der Waals surface area contributed by atoms with Crippen LogP contribution in [-0.4, -0.2) is 19.4 Å². The van der Waals surface area contributed by atoms with Gasteiger partial charge >= 0.3 is 6.18 Å². The average Bonchev–Trinajstić information content (AvgIpc) is 2.02. The van der Waals surface area contributed by atoms with Crippen LogP contribution in [-0.2, 0) is 4.74 Å². The van der Waals surface area contributed by atoms with E-state index in [1.807, 2.05) is 6.92 Å². The lowest BCUT2D eigenvalue weighted by molar-refractivity contribution is -0.171. The van der Waals surface area contributed by atoms with Crippen molar-refractivity contribution in [3.05, 3.63) is 0 Å². The highest BCUT2D eigenvalue weighted by molar-refractivity contribution is 4.88. The van der Waals surface area contributed by atoms with Gasteiger partial charge in [0.2, 0.25) is 0 Å². The van der Waals surface area contributed by atoms with E-state index in [0.29, 0.717) is 0 Å². The minimum absolute atomic E-state index is 0.282. The third kappa shape index (κ3) is 5.47. The number of ether oxygens (including phenoxy) is 1. The predicted octanol–water partition coefficient (Wildman–Crippen LogP) is 2.51. The van der Waals surface area contributed by atoms with E-state index in [-0.39, 0.29) is 6.61 Å². The highest BCUT2D eigenvalue weighted by Gasteiger charge is 2.39. The minimum atomic E-state index is -4.47. The molecule has 0 amide bonds. The van der Waals surface area contributed by atoms with Gasteiger partial charge in [-0.3, -0.25) is 0 Å². The number of nitrogens with zero attached hydrogens (tertiary/aromatic N) is 1. The highest BCUT2D eigenvalue weighted by atomic mass is 19.4. The minimum Gasteiger partial charge on any atom is -0.380 e. The van der Waals surface area contributed by atoms with Crippen molar-refractivity contribution in [3.8, 4) is 6.07 Å². The lowest BCUT2D eigenvalue weighted by Gasteiger charge is -2.12. The zero-order valence-corrected chi connectivity index (χ0v) is 7.40. The fraction of sp³-hybridized carbons (Fsp3) is 0.875. The molecule has 5 heteroatoms. The van der Waals surface area contributed by atoms with E-state index in [1.165, 1.54) is 6.07 Å². The summed E-state index contributed by atoms with van der Waals surface area (Å²) in [5, 5.41) is 8.17. The van der Waals surface area contributed by atoms with E-state index in [1.54, 1.807) is 0 Å². The Morgan fingerprint density at radius 1 is 1.46 bits per heavy atom. The van der Waals surface area contributed by atoms with Crippen LogP contribution in [0.15, 0.2) is 0 Å². The Bertz CT molecular complexity index is 173. The van der Waals surface area contributed by atoms with Crippen LogP contribution < -0.4 is 0 Å². The Balaban J connectivity index is 3.69. The molecule has 0 spiro atoms. The zero-order valence-electron chi connectivity index (χ0n) is 7.40. The molecule has 13 heavy (non-hydrogen) atoms. The first-order chi connectivity index (χ1) is 6.02. The Kier molecular flexibility index (Phi) is 5.47. The smallest absolute Gasteiger partial charge is 0.380 e.